The van der Waals surface area contributed by atoms with Crippen molar-refractivity contribution in [2.45, 2.75) is 26.7 Å². The maximum Gasteiger partial charge on any atom is 0.0922 e. The summed E-state index contributed by atoms with van der Waals surface area (Å²) in [7, 11) is 2.30. The van der Waals surface area contributed by atoms with Crippen molar-refractivity contribution in [2.75, 3.05) is 32.6 Å². The molecule has 0 radical (unpaired) electrons. The number of rotatable bonds is 6. The zero-order chi connectivity index (χ0) is 8.74. The quantitative estimate of drug-likeness (QED) is 0.433. The maximum atomic E-state index is 5.74. The SMILES string of the molecule is CCC[N+](C)(CCC)CCCl. The van der Waals surface area contributed by atoms with E-state index in [4.69, 9.17) is 11.6 Å². The Morgan fingerprint density at radius 3 is 1.73 bits per heavy atom. The molecule has 2 heteroatoms. The monoisotopic (exact) mass is 178 g/mol. The number of hydrogen-bond donors (Lipinski definition) is 0. The molecule has 0 spiro atoms. The van der Waals surface area contributed by atoms with E-state index in [1.165, 1.54) is 25.9 Å². The number of hydrogen-bond acceptors (Lipinski definition) is 0. The van der Waals surface area contributed by atoms with Crippen molar-refractivity contribution < 1.29 is 4.48 Å². The summed E-state index contributed by atoms with van der Waals surface area (Å²) in [6.07, 6.45) is 2.51. The zero-order valence-electron chi connectivity index (χ0n) is 8.07. The van der Waals surface area contributed by atoms with Gasteiger partial charge in [0.2, 0.25) is 0 Å². The molecule has 0 aliphatic rings. The Hall–Kier alpha value is 0.250. The van der Waals surface area contributed by atoms with E-state index in [0.29, 0.717) is 0 Å². The zero-order valence-corrected chi connectivity index (χ0v) is 8.82. The first-order chi connectivity index (χ1) is 5.18. The fraction of sp³-hybridized carbons (Fsp3) is 1.00. The average molecular weight is 179 g/mol. The lowest BCUT2D eigenvalue weighted by Crippen LogP contribution is -2.46. The summed E-state index contributed by atoms with van der Waals surface area (Å²) in [5.41, 5.74) is 0. The number of alkyl halides is 1. The van der Waals surface area contributed by atoms with Crippen LogP contribution in [0.5, 0.6) is 0 Å². The van der Waals surface area contributed by atoms with Gasteiger partial charge in [0.1, 0.15) is 0 Å². The Morgan fingerprint density at radius 1 is 1.00 bits per heavy atom. The van der Waals surface area contributed by atoms with Gasteiger partial charge in [-0.05, 0) is 12.8 Å². The lowest BCUT2D eigenvalue weighted by molar-refractivity contribution is -0.907. The van der Waals surface area contributed by atoms with Crippen molar-refractivity contribution in [2.24, 2.45) is 0 Å². The van der Waals surface area contributed by atoms with E-state index in [-0.39, 0.29) is 0 Å². The predicted octanol–water partition coefficient (Wildman–Crippen LogP) is 2.49. The van der Waals surface area contributed by atoms with Crippen molar-refractivity contribution >= 4 is 11.6 Å². The molecule has 11 heavy (non-hydrogen) atoms. The molecule has 0 aliphatic carbocycles. The van der Waals surface area contributed by atoms with E-state index in [0.717, 1.165) is 16.9 Å². The van der Waals surface area contributed by atoms with Gasteiger partial charge in [-0.2, -0.15) is 0 Å². The van der Waals surface area contributed by atoms with Crippen LogP contribution in [-0.2, 0) is 0 Å². The highest BCUT2D eigenvalue weighted by Crippen LogP contribution is 2.05. The third kappa shape index (κ3) is 4.65. The standard InChI is InChI=1S/C9H21ClN/c1-4-7-11(3,8-5-2)9-6-10/h4-9H2,1-3H3/q+1. The maximum absolute atomic E-state index is 5.74. The van der Waals surface area contributed by atoms with Gasteiger partial charge in [0.15, 0.2) is 0 Å². The topological polar surface area (TPSA) is 0 Å². The van der Waals surface area contributed by atoms with Crippen LogP contribution in [0.15, 0.2) is 0 Å². The molecule has 0 heterocycles. The second-order valence-corrected chi connectivity index (χ2v) is 3.86. The average Bonchev–Trinajstić information content (AvgIpc) is 1.88. The van der Waals surface area contributed by atoms with Gasteiger partial charge in [-0.1, -0.05) is 13.8 Å². The second kappa shape index (κ2) is 5.84. The van der Waals surface area contributed by atoms with E-state index in [1.807, 2.05) is 0 Å². The molecule has 0 atom stereocenters. The third-order valence-electron chi connectivity index (χ3n) is 2.15. The molecular weight excluding hydrogens is 158 g/mol. The van der Waals surface area contributed by atoms with Gasteiger partial charge in [-0.25, -0.2) is 0 Å². The smallest absolute Gasteiger partial charge is 0.0922 e. The van der Waals surface area contributed by atoms with Crippen LogP contribution in [-0.4, -0.2) is 37.0 Å². The number of quaternary nitrogens is 1. The summed E-state index contributed by atoms with van der Waals surface area (Å²) in [6.45, 7) is 8.12. The fourth-order valence-electron chi connectivity index (χ4n) is 1.62. The molecule has 0 N–H and O–H groups in total. The first-order valence-corrected chi connectivity index (χ1v) is 5.11. The number of nitrogens with zero attached hydrogens (tertiary/aromatic N) is 1. The second-order valence-electron chi connectivity index (χ2n) is 3.48. The fourth-order valence-corrected chi connectivity index (χ4v) is 2.03. The van der Waals surface area contributed by atoms with Crippen molar-refractivity contribution in [1.82, 2.24) is 0 Å². The molecule has 0 saturated carbocycles. The van der Waals surface area contributed by atoms with Crippen molar-refractivity contribution in [1.29, 1.82) is 0 Å². The van der Waals surface area contributed by atoms with Crippen LogP contribution in [0, 0.1) is 0 Å². The summed E-state index contributed by atoms with van der Waals surface area (Å²) in [4.78, 5) is 0. The van der Waals surface area contributed by atoms with Gasteiger partial charge < -0.3 is 4.48 Å². The molecule has 1 nitrogen and oxygen atoms in total. The lowest BCUT2D eigenvalue weighted by Gasteiger charge is -2.33. The molecule has 68 valence electrons. The van der Waals surface area contributed by atoms with Gasteiger partial charge in [0.25, 0.3) is 0 Å². The van der Waals surface area contributed by atoms with Crippen LogP contribution in [0.2, 0.25) is 0 Å². The van der Waals surface area contributed by atoms with Crippen LogP contribution >= 0.6 is 11.6 Å². The van der Waals surface area contributed by atoms with Gasteiger partial charge in [0, 0.05) is 0 Å². The molecule has 0 saturated heterocycles. The Morgan fingerprint density at radius 2 is 1.45 bits per heavy atom. The Bertz CT molecular complexity index is 76.5. The summed E-state index contributed by atoms with van der Waals surface area (Å²) < 4.78 is 1.15. The summed E-state index contributed by atoms with van der Waals surface area (Å²) >= 11 is 5.74. The normalized spacial score (nSPS) is 12.0. The van der Waals surface area contributed by atoms with Gasteiger partial charge in [0.05, 0.1) is 32.6 Å². The highest BCUT2D eigenvalue weighted by Gasteiger charge is 2.17. The number of halogens is 1. The van der Waals surface area contributed by atoms with Crippen molar-refractivity contribution in [3.63, 3.8) is 0 Å². The van der Waals surface area contributed by atoms with Gasteiger partial charge in [-0.15, -0.1) is 11.6 Å². The predicted molar refractivity (Wildman–Crippen MR) is 52.1 cm³/mol. The molecule has 0 fully saturated rings. The minimum atomic E-state index is 0.788. The molecule has 0 unspecified atom stereocenters. The molecule has 0 aliphatic heterocycles. The van der Waals surface area contributed by atoms with Crippen LogP contribution < -0.4 is 0 Å². The first-order valence-electron chi connectivity index (χ1n) is 4.58. The minimum Gasteiger partial charge on any atom is -0.325 e. The molecule has 0 bridgehead atoms. The van der Waals surface area contributed by atoms with Gasteiger partial charge >= 0.3 is 0 Å². The Balaban J connectivity index is 3.79. The van der Waals surface area contributed by atoms with Crippen LogP contribution in [0.3, 0.4) is 0 Å². The summed E-state index contributed by atoms with van der Waals surface area (Å²) in [5.74, 6) is 0.788. The van der Waals surface area contributed by atoms with E-state index in [1.54, 1.807) is 0 Å². The Labute approximate surface area is 75.9 Å². The van der Waals surface area contributed by atoms with Crippen LogP contribution in [0.4, 0.5) is 0 Å². The summed E-state index contributed by atoms with van der Waals surface area (Å²) in [6, 6.07) is 0. The largest absolute Gasteiger partial charge is 0.325 e. The van der Waals surface area contributed by atoms with Gasteiger partial charge in [-0.3, -0.25) is 0 Å². The van der Waals surface area contributed by atoms with E-state index < -0.39 is 0 Å². The van der Waals surface area contributed by atoms with E-state index in [9.17, 15) is 0 Å². The highest BCUT2D eigenvalue weighted by atomic mass is 35.5. The van der Waals surface area contributed by atoms with Crippen molar-refractivity contribution in [3.8, 4) is 0 Å². The molecule has 0 rings (SSSR count). The first kappa shape index (κ1) is 11.2. The molecule has 0 aromatic rings. The van der Waals surface area contributed by atoms with Crippen LogP contribution in [0.25, 0.3) is 0 Å². The van der Waals surface area contributed by atoms with Crippen LogP contribution in [0.1, 0.15) is 26.7 Å². The van der Waals surface area contributed by atoms with Crippen molar-refractivity contribution in [3.05, 3.63) is 0 Å². The van der Waals surface area contributed by atoms with E-state index >= 15 is 0 Å². The highest BCUT2D eigenvalue weighted by molar-refractivity contribution is 6.17. The minimum absolute atomic E-state index is 0.788. The Kier molecular flexibility index (Phi) is 5.98. The summed E-state index contributed by atoms with van der Waals surface area (Å²) in [5, 5.41) is 0. The molecular formula is C9H21ClN+. The molecule has 0 aromatic heterocycles. The lowest BCUT2D eigenvalue weighted by atomic mass is 10.3. The molecule has 0 aromatic carbocycles. The van der Waals surface area contributed by atoms with E-state index in [2.05, 4.69) is 20.9 Å². The third-order valence-corrected chi connectivity index (χ3v) is 2.32. The molecule has 0 amide bonds.